The number of benzene rings is 3. The normalized spacial score (nSPS) is 10.1. The molecule has 0 fully saturated rings. The number of ether oxygens (including phenoxy) is 1. The summed E-state index contributed by atoms with van der Waals surface area (Å²) in [4.78, 5) is 24.2. The number of carbonyl (C=O) groups is 2. The van der Waals surface area contributed by atoms with Crippen LogP contribution in [0.5, 0.6) is 11.5 Å². The Balaban J connectivity index is 1.48. The Morgan fingerprint density at radius 3 is 2.00 bits per heavy atom. The van der Waals surface area contributed by atoms with E-state index in [4.69, 9.17) is 4.74 Å². The van der Waals surface area contributed by atoms with Crippen molar-refractivity contribution < 1.29 is 14.3 Å². The Bertz CT molecular complexity index is 917. The largest absolute Gasteiger partial charge is 0.455 e. The molecule has 3 aromatic rings. The summed E-state index contributed by atoms with van der Waals surface area (Å²) in [5.74, 6) is 1.29. The number of carbonyl (C=O) groups excluding carboxylic acids is 2. The molecule has 0 radical (unpaired) electrons. The van der Waals surface area contributed by atoms with Gasteiger partial charge in [0.25, 0.3) is 0 Å². The van der Waals surface area contributed by atoms with E-state index in [0.29, 0.717) is 17.2 Å². The maximum Gasteiger partial charge on any atom is 0.234 e. The summed E-state index contributed by atoms with van der Waals surface area (Å²) in [5.41, 5.74) is 1.33. The predicted molar refractivity (Wildman–Crippen MR) is 114 cm³/mol. The Morgan fingerprint density at radius 1 is 0.714 bits per heavy atom. The van der Waals surface area contributed by atoms with Crippen molar-refractivity contribution in [2.75, 3.05) is 22.1 Å². The van der Waals surface area contributed by atoms with Crippen LogP contribution in [0.3, 0.4) is 0 Å². The van der Waals surface area contributed by atoms with Gasteiger partial charge in [-0.1, -0.05) is 48.5 Å². The summed E-state index contributed by atoms with van der Waals surface area (Å²) in [6, 6.07) is 25.8. The third-order valence-corrected chi connectivity index (χ3v) is 4.59. The van der Waals surface area contributed by atoms with E-state index in [2.05, 4.69) is 10.6 Å². The topological polar surface area (TPSA) is 67.4 Å². The van der Waals surface area contributed by atoms with E-state index in [1.807, 2.05) is 72.8 Å². The molecule has 0 atom stereocenters. The number of amides is 2. The third kappa shape index (κ3) is 6.17. The highest BCUT2D eigenvalue weighted by Gasteiger charge is 2.10. The van der Waals surface area contributed by atoms with Gasteiger partial charge in [-0.2, -0.15) is 0 Å². The third-order valence-electron chi connectivity index (χ3n) is 3.66. The van der Waals surface area contributed by atoms with E-state index < -0.39 is 0 Å². The monoisotopic (exact) mass is 392 g/mol. The first-order valence-corrected chi connectivity index (χ1v) is 9.90. The summed E-state index contributed by atoms with van der Waals surface area (Å²) < 4.78 is 5.83. The number of para-hydroxylation sites is 4. The summed E-state index contributed by atoms with van der Waals surface area (Å²) in [6.07, 6.45) is 0. The van der Waals surface area contributed by atoms with Gasteiger partial charge in [-0.15, -0.1) is 11.8 Å². The molecule has 6 heteroatoms. The standard InChI is InChI=1S/C22H20N2O3S/c25-21(23-17-9-3-1-4-10-17)15-28-16-22(26)24-19-13-7-8-14-20(19)27-18-11-5-2-6-12-18/h1-14H,15-16H2,(H,23,25)(H,24,26). The van der Waals surface area contributed by atoms with Crippen molar-refractivity contribution in [2.24, 2.45) is 0 Å². The van der Waals surface area contributed by atoms with Crippen molar-refractivity contribution in [3.05, 3.63) is 84.9 Å². The van der Waals surface area contributed by atoms with Crippen molar-refractivity contribution in [3.63, 3.8) is 0 Å². The van der Waals surface area contributed by atoms with Crippen LogP contribution in [0.25, 0.3) is 0 Å². The Morgan fingerprint density at radius 2 is 1.29 bits per heavy atom. The zero-order valence-corrected chi connectivity index (χ0v) is 15.9. The van der Waals surface area contributed by atoms with Gasteiger partial charge in [0.1, 0.15) is 5.75 Å². The fraction of sp³-hybridized carbons (Fsp3) is 0.0909. The van der Waals surface area contributed by atoms with Gasteiger partial charge in [0.05, 0.1) is 17.2 Å². The van der Waals surface area contributed by atoms with E-state index in [9.17, 15) is 9.59 Å². The molecule has 0 saturated carbocycles. The minimum Gasteiger partial charge on any atom is -0.455 e. The molecule has 0 unspecified atom stereocenters. The second-order valence-corrected chi connectivity index (χ2v) is 6.85. The second kappa shape index (κ2) is 10.2. The number of hydrogen-bond donors (Lipinski definition) is 2. The van der Waals surface area contributed by atoms with Crippen LogP contribution in [-0.4, -0.2) is 23.3 Å². The second-order valence-electron chi connectivity index (χ2n) is 5.87. The quantitative estimate of drug-likeness (QED) is 0.578. The molecule has 3 rings (SSSR count). The maximum atomic E-state index is 12.2. The molecule has 3 aromatic carbocycles. The van der Waals surface area contributed by atoms with Gasteiger partial charge in [0.15, 0.2) is 5.75 Å². The predicted octanol–water partition coefficient (Wildman–Crippen LogP) is 4.79. The fourth-order valence-electron chi connectivity index (χ4n) is 2.42. The Hall–Kier alpha value is -3.25. The zero-order chi connectivity index (χ0) is 19.6. The summed E-state index contributed by atoms with van der Waals surface area (Å²) in [5, 5.41) is 5.63. The number of thioether (sulfide) groups is 1. The highest BCUT2D eigenvalue weighted by Crippen LogP contribution is 2.29. The minimum absolute atomic E-state index is 0.142. The van der Waals surface area contributed by atoms with E-state index in [-0.39, 0.29) is 23.3 Å². The smallest absolute Gasteiger partial charge is 0.234 e. The first-order valence-electron chi connectivity index (χ1n) is 8.75. The van der Waals surface area contributed by atoms with Gasteiger partial charge in [0.2, 0.25) is 11.8 Å². The molecule has 28 heavy (non-hydrogen) atoms. The molecule has 0 aliphatic rings. The molecule has 0 aromatic heterocycles. The fourth-order valence-corrected chi connectivity index (χ4v) is 3.03. The molecule has 0 bridgehead atoms. The van der Waals surface area contributed by atoms with Crippen molar-refractivity contribution in [2.45, 2.75) is 0 Å². The molecule has 0 spiro atoms. The van der Waals surface area contributed by atoms with E-state index in [1.165, 1.54) is 11.8 Å². The lowest BCUT2D eigenvalue weighted by Gasteiger charge is -2.12. The summed E-state index contributed by atoms with van der Waals surface area (Å²) in [6.45, 7) is 0. The zero-order valence-electron chi connectivity index (χ0n) is 15.1. The van der Waals surface area contributed by atoms with Crippen LogP contribution >= 0.6 is 11.8 Å². The summed E-state index contributed by atoms with van der Waals surface area (Å²) >= 11 is 1.25. The Labute approximate surface area is 168 Å². The molecule has 2 N–H and O–H groups in total. The molecule has 5 nitrogen and oxygen atoms in total. The molecule has 0 aliphatic heterocycles. The van der Waals surface area contributed by atoms with Crippen LogP contribution in [0.2, 0.25) is 0 Å². The molecule has 142 valence electrons. The van der Waals surface area contributed by atoms with Crippen LogP contribution in [0, 0.1) is 0 Å². The van der Waals surface area contributed by atoms with E-state index >= 15 is 0 Å². The Kier molecular flexibility index (Phi) is 7.09. The minimum atomic E-state index is -0.193. The molecule has 2 amide bonds. The van der Waals surface area contributed by atoms with Crippen molar-refractivity contribution >= 4 is 35.0 Å². The lowest BCUT2D eigenvalue weighted by molar-refractivity contribution is -0.114. The first-order chi connectivity index (χ1) is 13.7. The lowest BCUT2D eigenvalue weighted by Crippen LogP contribution is -2.18. The molecule has 0 aliphatic carbocycles. The van der Waals surface area contributed by atoms with Gasteiger partial charge in [0, 0.05) is 5.69 Å². The van der Waals surface area contributed by atoms with Crippen LogP contribution in [-0.2, 0) is 9.59 Å². The van der Waals surface area contributed by atoms with Crippen molar-refractivity contribution in [1.82, 2.24) is 0 Å². The van der Waals surface area contributed by atoms with Gasteiger partial charge >= 0.3 is 0 Å². The molecular weight excluding hydrogens is 372 g/mol. The highest BCUT2D eigenvalue weighted by atomic mass is 32.2. The average molecular weight is 392 g/mol. The van der Waals surface area contributed by atoms with Crippen LogP contribution < -0.4 is 15.4 Å². The number of rotatable bonds is 8. The van der Waals surface area contributed by atoms with Crippen LogP contribution in [0.4, 0.5) is 11.4 Å². The highest BCUT2D eigenvalue weighted by molar-refractivity contribution is 8.00. The first kappa shape index (κ1) is 19.5. The van der Waals surface area contributed by atoms with E-state index in [0.717, 1.165) is 5.69 Å². The molecule has 0 heterocycles. The maximum absolute atomic E-state index is 12.2. The lowest BCUT2D eigenvalue weighted by atomic mass is 10.3. The number of nitrogens with one attached hydrogen (secondary N) is 2. The average Bonchev–Trinajstić information content (AvgIpc) is 2.71. The molecular formula is C22H20N2O3S. The number of anilines is 2. The van der Waals surface area contributed by atoms with E-state index in [1.54, 1.807) is 12.1 Å². The van der Waals surface area contributed by atoms with Crippen LogP contribution in [0.15, 0.2) is 84.9 Å². The SMILES string of the molecule is O=C(CSCC(=O)Nc1ccccc1Oc1ccccc1)Nc1ccccc1. The number of hydrogen-bond acceptors (Lipinski definition) is 4. The van der Waals surface area contributed by atoms with Crippen molar-refractivity contribution in [3.8, 4) is 11.5 Å². The van der Waals surface area contributed by atoms with Crippen LogP contribution in [0.1, 0.15) is 0 Å². The van der Waals surface area contributed by atoms with Gasteiger partial charge in [-0.05, 0) is 36.4 Å². The van der Waals surface area contributed by atoms with Gasteiger partial charge in [-0.3, -0.25) is 9.59 Å². The van der Waals surface area contributed by atoms with Gasteiger partial charge < -0.3 is 15.4 Å². The molecule has 0 saturated heterocycles. The summed E-state index contributed by atoms with van der Waals surface area (Å²) in [7, 11) is 0. The van der Waals surface area contributed by atoms with Gasteiger partial charge in [-0.25, -0.2) is 0 Å². The van der Waals surface area contributed by atoms with Crippen molar-refractivity contribution in [1.29, 1.82) is 0 Å².